The summed E-state index contributed by atoms with van der Waals surface area (Å²) in [6.45, 7) is 4.52. The van der Waals surface area contributed by atoms with E-state index in [-0.39, 0.29) is 38.6 Å². The van der Waals surface area contributed by atoms with Crippen molar-refractivity contribution in [1.29, 1.82) is 0 Å². The number of hydrogen-bond acceptors (Lipinski definition) is 8. The van der Waals surface area contributed by atoms with Crippen LogP contribution in [0, 0.1) is 0 Å². The summed E-state index contributed by atoms with van der Waals surface area (Å²) in [7, 11) is 5.92. The molecule has 0 rings (SSSR count). The predicted octanol–water partition coefficient (Wildman–Crippen LogP) is 20.8. The molecule has 0 saturated carbocycles. The summed E-state index contributed by atoms with van der Waals surface area (Å²) < 4.78 is 22.8. The molecule has 0 heterocycles. The molecule has 2 atom stereocenters. The summed E-state index contributed by atoms with van der Waals surface area (Å²) >= 11 is 0. The molecule has 0 aliphatic carbocycles. The molecule has 0 aromatic rings. The van der Waals surface area contributed by atoms with Crippen LogP contribution in [-0.4, -0.2) is 82.3 Å². The molecule has 0 aromatic carbocycles. The standard InChI is InChI=1S/C78H131NO8/c1-6-8-10-12-14-16-18-20-22-24-26-28-30-32-34-36-37-38-39-41-42-44-46-48-50-52-54-56-58-60-62-64-66-68-75(80)85-72-74(73-86-78(77(82)83)84-71-70-79(3,4)5)87-76(81)69-67-65-63-61-59-57-55-53-51-49-47-45-43-40-35-33-31-29-27-25-23-21-19-17-15-13-11-9-7-2/h8-11,14-17,20-23,26-29,33,35,43,45,49,51,74,78H,6-7,12-13,18-19,24-25,30-32,34,36-42,44,46-48,50,52-73H2,1-5H3/b10-8-,11-9-,16-14-,17-15-,22-20-,23-21-,28-26-,29-27-,35-33-,45-43-,51-49-. The Labute approximate surface area is 535 Å². The Hall–Kier alpha value is -4.57. The van der Waals surface area contributed by atoms with E-state index in [4.69, 9.17) is 18.9 Å². The first-order valence-corrected chi connectivity index (χ1v) is 35.3. The molecular formula is C78H131NO8. The summed E-state index contributed by atoms with van der Waals surface area (Å²) in [5.41, 5.74) is 0. The van der Waals surface area contributed by atoms with Crippen LogP contribution in [0.15, 0.2) is 134 Å². The molecule has 0 aliphatic rings. The number of allylic oxidation sites excluding steroid dienone is 22. The number of ether oxygens (including phenoxy) is 4. The van der Waals surface area contributed by atoms with Gasteiger partial charge in [0.2, 0.25) is 0 Å². The number of unbranched alkanes of at least 4 members (excludes halogenated alkanes) is 27. The normalized spacial score (nSPS) is 13.5. The number of nitrogens with zero attached hydrogens (tertiary/aromatic N) is 1. The van der Waals surface area contributed by atoms with E-state index < -0.39 is 24.3 Å². The van der Waals surface area contributed by atoms with E-state index in [0.717, 1.165) is 116 Å². The largest absolute Gasteiger partial charge is 0.545 e. The lowest BCUT2D eigenvalue weighted by atomic mass is 10.0. The zero-order chi connectivity index (χ0) is 63.3. The Balaban J connectivity index is 4.14. The number of hydrogen-bond donors (Lipinski definition) is 0. The minimum Gasteiger partial charge on any atom is -0.545 e. The second-order valence-corrected chi connectivity index (χ2v) is 24.4. The summed E-state index contributed by atoms with van der Waals surface area (Å²) in [5, 5.41) is 11.8. The smallest absolute Gasteiger partial charge is 0.306 e. The van der Waals surface area contributed by atoms with Crippen molar-refractivity contribution in [3.8, 4) is 0 Å². The van der Waals surface area contributed by atoms with Gasteiger partial charge in [0.25, 0.3) is 0 Å². The van der Waals surface area contributed by atoms with Gasteiger partial charge in [0.05, 0.1) is 40.3 Å². The Morgan fingerprint density at radius 1 is 0.345 bits per heavy atom. The highest BCUT2D eigenvalue weighted by atomic mass is 16.7. The Morgan fingerprint density at radius 3 is 0.920 bits per heavy atom. The van der Waals surface area contributed by atoms with Gasteiger partial charge in [-0.3, -0.25) is 9.59 Å². The zero-order valence-electron chi connectivity index (χ0n) is 56.6. The van der Waals surface area contributed by atoms with Crippen molar-refractivity contribution >= 4 is 17.9 Å². The number of rotatable bonds is 64. The fourth-order valence-corrected chi connectivity index (χ4v) is 9.57. The monoisotopic (exact) mass is 1210 g/mol. The van der Waals surface area contributed by atoms with E-state index in [9.17, 15) is 19.5 Å². The number of carboxylic acid groups (broad SMARTS) is 1. The summed E-state index contributed by atoms with van der Waals surface area (Å²) in [4.78, 5) is 37.5. The van der Waals surface area contributed by atoms with Crippen LogP contribution in [0.25, 0.3) is 0 Å². The molecule has 0 fully saturated rings. The predicted molar refractivity (Wildman–Crippen MR) is 370 cm³/mol. The van der Waals surface area contributed by atoms with Gasteiger partial charge >= 0.3 is 11.9 Å². The van der Waals surface area contributed by atoms with Crippen molar-refractivity contribution in [3.63, 3.8) is 0 Å². The maximum absolute atomic E-state index is 12.9. The molecule has 0 radical (unpaired) electrons. The molecule has 0 bridgehead atoms. The van der Waals surface area contributed by atoms with Crippen LogP contribution in [-0.2, 0) is 33.3 Å². The van der Waals surface area contributed by atoms with Crippen molar-refractivity contribution in [2.75, 3.05) is 47.5 Å². The Bertz CT molecular complexity index is 1890. The molecule has 0 spiro atoms. The number of carboxylic acids is 1. The maximum atomic E-state index is 12.9. The Morgan fingerprint density at radius 2 is 0.621 bits per heavy atom. The molecule has 0 amide bonds. The van der Waals surface area contributed by atoms with E-state index in [1.165, 1.54) is 135 Å². The topological polar surface area (TPSA) is 111 Å². The molecule has 0 N–H and O–H groups in total. The van der Waals surface area contributed by atoms with E-state index in [1.54, 1.807) is 0 Å². The van der Waals surface area contributed by atoms with Gasteiger partial charge in [0.1, 0.15) is 13.2 Å². The first kappa shape index (κ1) is 82.4. The minimum absolute atomic E-state index is 0.140. The average Bonchev–Trinajstić information content (AvgIpc) is 3.57. The summed E-state index contributed by atoms with van der Waals surface area (Å²) in [5.74, 6) is -2.30. The number of likely N-dealkylation sites (N-methyl/N-ethyl adjacent to an activating group) is 1. The lowest BCUT2D eigenvalue weighted by molar-refractivity contribution is -0.870. The first-order valence-electron chi connectivity index (χ1n) is 35.3. The van der Waals surface area contributed by atoms with Crippen LogP contribution in [0.1, 0.15) is 284 Å². The second-order valence-electron chi connectivity index (χ2n) is 24.4. The van der Waals surface area contributed by atoms with Crippen LogP contribution < -0.4 is 5.11 Å². The van der Waals surface area contributed by atoms with Crippen molar-refractivity contribution in [1.82, 2.24) is 0 Å². The molecule has 0 aliphatic heterocycles. The van der Waals surface area contributed by atoms with E-state index in [1.807, 2.05) is 21.1 Å². The van der Waals surface area contributed by atoms with Crippen molar-refractivity contribution < 1.29 is 42.9 Å². The fourth-order valence-electron chi connectivity index (χ4n) is 9.57. The average molecular weight is 1210 g/mol. The summed E-state index contributed by atoms with van der Waals surface area (Å²) in [6, 6.07) is 0. The lowest BCUT2D eigenvalue weighted by Gasteiger charge is -2.26. The van der Waals surface area contributed by atoms with Gasteiger partial charge in [0.15, 0.2) is 12.4 Å². The molecule has 87 heavy (non-hydrogen) atoms. The van der Waals surface area contributed by atoms with Crippen LogP contribution >= 0.6 is 0 Å². The van der Waals surface area contributed by atoms with Crippen LogP contribution in [0.4, 0.5) is 0 Å². The fraction of sp³-hybridized carbons (Fsp3) is 0.679. The molecule has 0 aromatic heterocycles. The highest BCUT2D eigenvalue weighted by Crippen LogP contribution is 2.17. The second kappa shape index (κ2) is 67.4. The van der Waals surface area contributed by atoms with Crippen molar-refractivity contribution in [3.05, 3.63) is 134 Å². The maximum Gasteiger partial charge on any atom is 0.306 e. The highest BCUT2D eigenvalue weighted by Gasteiger charge is 2.22. The van der Waals surface area contributed by atoms with Crippen LogP contribution in [0.5, 0.6) is 0 Å². The molecule has 9 nitrogen and oxygen atoms in total. The number of carbonyl (C=O) groups is 3. The summed E-state index contributed by atoms with van der Waals surface area (Å²) in [6.07, 6.45) is 93.9. The van der Waals surface area contributed by atoms with Gasteiger partial charge < -0.3 is 33.3 Å². The minimum atomic E-state index is -1.63. The SMILES string of the molecule is CC/C=C\C/C=C\C/C=C\C/C=C\C/C=C\C/C=C\C/C=C\CCCCCCCCCC(=O)OC(COC(=O)CCCCCCCCCCCCCCCCCCCCCC/C=C\C/C=C\C/C=C\C/C=C\CC)COC(OCC[N+](C)(C)C)C(=O)[O-]. The quantitative estimate of drug-likeness (QED) is 0.0195. The third-order valence-electron chi connectivity index (χ3n) is 14.9. The van der Waals surface area contributed by atoms with E-state index >= 15 is 0 Å². The first-order chi connectivity index (χ1) is 42.6. The number of esters is 2. The number of aliphatic carboxylic acids is 1. The zero-order valence-corrected chi connectivity index (χ0v) is 56.6. The highest BCUT2D eigenvalue weighted by molar-refractivity contribution is 5.70. The molecule has 2 unspecified atom stereocenters. The number of carbonyl (C=O) groups excluding carboxylic acids is 3. The van der Waals surface area contributed by atoms with Crippen molar-refractivity contribution in [2.24, 2.45) is 0 Å². The van der Waals surface area contributed by atoms with Gasteiger partial charge in [-0.05, 0) is 109 Å². The number of quaternary nitrogens is 1. The molecular weight excluding hydrogens is 1080 g/mol. The molecule has 9 heteroatoms. The van der Waals surface area contributed by atoms with E-state index in [2.05, 4.69) is 148 Å². The Kier molecular flexibility index (Phi) is 63.8. The van der Waals surface area contributed by atoms with Crippen molar-refractivity contribution in [2.45, 2.75) is 296 Å². The van der Waals surface area contributed by atoms with Gasteiger partial charge in [-0.25, -0.2) is 0 Å². The van der Waals surface area contributed by atoms with Gasteiger partial charge in [-0.2, -0.15) is 0 Å². The third-order valence-corrected chi connectivity index (χ3v) is 14.9. The third kappa shape index (κ3) is 68.8. The molecule has 496 valence electrons. The van der Waals surface area contributed by atoms with Crippen LogP contribution in [0.3, 0.4) is 0 Å². The van der Waals surface area contributed by atoms with Gasteiger partial charge in [-0.15, -0.1) is 0 Å². The molecule has 0 saturated heterocycles. The van der Waals surface area contributed by atoms with Crippen LogP contribution in [0.2, 0.25) is 0 Å². The van der Waals surface area contributed by atoms with E-state index in [0.29, 0.717) is 17.4 Å². The van der Waals surface area contributed by atoms with Gasteiger partial charge in [-0.1, -0.05) is 295 Å². The van der Waals surface area contributed by atoms with Gasteiger partial charge in [0, 0.05) is 12.8 Å². The lowest BCUT2D eigenvalue weighted by Crippen LogP contribution is -2.44.